The topological polar surface area (TPSA) is 93.7 Å². The number of carbonyl (C=O) groups is 2. The van der Waals surface area contributed by atoms with Gasteiger partial charge in [-0.3, -0.25) is 14.9 Å². The van der Waals surface area contributed by atoms with Crippen molar-refractivity contribution in [3.63, 3.8) is 0 Å². The third-order valence-electron chi connectivity index (χ3n) is 5.29. The van der Waals surface area contributed by atoms with Crippen LogP contribution < -0.4 is 19.7 Å². The number of aryl methyl sites for hydroxylation is 1. The van der Waals surface area contributed by atoms with E-state index >= 15 is 0 Å². The van der Waals surface area contributed by atoms with Crippen LogP contribution >= 0.6 is 11.3 Å². The Hall–Kier alpha value is -3.72. The molecule has 1 saturated heterocycles. The van der Waals surface area contributed by atoms with Gasteiger partial charge in [0.2, 0.25) is 16.9 Å². The van der Waals surface area contributed by atoms with E-state index in [9.17, 15) is 9.59 Å². The highest BCUT2D eigenvalue weighted by Crippen LogP contribution is 2.34. The Morgan fingerprint density at radius 3 is 2.73 bits per heavy atom. The van der Waals surface area contributed by atoms with Crippen molar-refractivity contribution in [2.24, 2.45) is 0 Å². The SMILES string of the molecule is COc1ccc(/C=C/C(=O)Nc2nnc(C3CC(=O)N(c4cccc(C)c4)C3)s2)cc1OC. The number of nitrogens with zero attached hydrogens (tertiary/aromatic N) is 3. The molecule has 1 aromatic heterocycles. The third-order valence-corrected chi connectivity index (χ3v) is 6.29. The van der Waals surface area contributed by atoms with E-state index in [1.165, 1.54) is 17.4 Å². The molecule has 1 aliphatic heterocycles. The van der Waals surface area contributed by atoms with E-state index in [0.29, 0.717) is 29.6 Å². The summed E-state index contributed by atoms with van der Waals surface area (Å²) in [5.74, 6) is 0.885. The van der Waals surface area contributed by atoms with Crippen molar-refractivity contribution in [2.45, 2.75) is 19.3 Å². The van der Waals surface area contributed by atoms with Gasteiger partial charge in [-0.05, 0) is 48.4 Å². The zero-order valence-electron chi connectivity index (χ0n) is 18.6. The number of carbonyl (C=O) groups excluding carboxylic acids is 2. The molecule has 1 aliphatic rings. The number of hydrogen-bond donors (Lipinski definition) is 1. The fraction of sp³-hybridized carbons (Fsp3) is 0.250. The molecule has 2 amide bonds. The molecule has 3 aromatic rings. The van der Waals surface area contributed by atoms with Crippen LogP contribution in [0.1, 0.15) is 28.5 Å². The summed E-state index contributed by atoms with van der Waals surface area (Å²) in [7, 11) is 3.13. The number of benzene rings is 2. The molecule has 0 saturated carbocycles. The second-order valence-electron chi connectivity index (χ2n) is 7.63. The number of aromatic nitrogens is 2. The average Bonchev–Trinajstić information content (AvgIpc) is 3.44. The van der Waals surface area contributed by atoms with Crippen LogP contribution in [0.25, 0.3) is 6.08 Å². The number of amides is 2. The molecular weight excluding hydrogens is 440 g/mol. The maximum absolute atomic E-state index is 12.5. The maximum atomic E-state index is 12.5. The summed E-state index contributed by atoms with van der Waals surface area (Å²) in [4.78, 5) is 26.7. The Morgan fingerprint density at radius 1 is 1.15 bits per heavy atom. The van der Waals surface area contributed by atoms with E-state index in [0.717, 1.165) is 21.8 Å². The third kappa shape index (κ3) is 5.20. The molecule has 0 aliphatic carbocycles. The van der Waals surface area contributed by atoms with Crippen molar-refractivity contribution < 1.29 is 19.1 Å². The van der Waals surface area contributed by atoms with Gasteiger partial charge >= 0.3 is 0 Å². The van der Waals surface area contributed by atoms with Gasteiger partial charge in [-0.2, -0.15) is 0 Å². The van der Waals surface area contributed by atoms with Crippen LogP contribution in [-0.2, 0) is 9.59 Å². The van der Waals surface area contributed by atoms with E-state index in [1.807, 2.05) is 37.3 Å². The van der Waals surface area contributed by atoms with E-state index < -0.39 is 0 Å². The fourth-order valence-corrected chi connectivity index (χ4v) is 4.48. The van der Waals surface area contributed by atoms with Gasteiger partial charge in [-0.15, -0.1) is 10.2 Å². The Labute approximate surface area is 195 Å². The highest BCUT2D eigenvalue weighted by molar-refractivity contribution is 7.15. The van der Waals surface area contributed by atoms with Gasteiger partial charge in [-0.25, -0.2) is 0 Å². The van der Waals surface area contributed by atoms with Crippen LogP contribution in [0.4, 0.5) is 10.8 Å². The van der Waals surface area contributed by atoms with Crippen molar-refractivity contribution in [3.8, 4) is 11.5 Å². The van der Waals surface area contributed by atoms with Crippen molar-refractivity contribution in [3.05, 3.63) is 64.7 Å². The smallest absolute Gasteiger partial charge is 0.250 e. The molecule has 1 unspecified atom stereocenters. The zero-order valence-corrected chi connectivity index (χ0v) is 19.4. The molecule has 0 radical (unpaired) electrons. The monoisotopic (exact) mass is 464 g/mol. The van der Waals surface area contributed by atoms with Gasteiger partial charge in [0.25, 0.3) is 0 Å². The molecular formula is C24H24N4O4S. The number of anilines is 2. The standard InChI is InChI=1S/C24H24N4O4S/c1-15-5-4-6-18(11-15)28-14-17(13-22(28)30)23-26-27-24(33-23)25-21(29)10-8-16-7-9-19(31-2)20(12-16)32-3/h4-12,17H,13-14H2,1-3H3,(H,25,27,29)/b10-8+. The molecule has 1 fully saturated rings. The molecule has 170 valence electrons. The summed E-state index contributed by atoms with van der Waals surface area (Å²) in [6, 6.07) is 13.3. The molecule has 2 aromatic carbocycles. The van der Waals surface area contributed by atoms with Gasteiger partial charge in [0.15, 0.2) is 11.5 Å². The fourth-order valence-electron chi connectivity index (χ4n) is 3.64. The average molecular weight is 465 g/mol. The van der Waals surface area contributed by atoms with Crippen LogP contribution in [-0.4, -0.2) is 42.8 Å². The molecule has 1 N–H and O–H groups in total. The summed E-state index contributed by atoms with van der Waals surface area (Å²) in [5.41, 5.74) is 2.79. The number of rotatable bonds is 7. The summed E-state index contributed by atoms with van der Waals surface area (Å²) in [6.45, 7) is 2.55. The van der Waals surface area contributed by atoms with Gasteiger partial charge in [-0.1, -0.05) is 29.5 Å². The van der Waals surface area contributed by atoms with Gasteiger partial charge < -0.3 is 14.4 Å². The molecule has 4 rings (SSSR count). The maximum Gasteiger partial charge on any atom is 0.250 e. The van der Waals surface area contributed by atoms with Crippen LogP contribution in [0.5, 0.6) is 11.5 Å². The number of ether oxygens (including phenoxy) is 2. The van der Waals surface area contributed by atoms with E-state index in [4.69, 9.17) is 9.47 Å². The molecule has 2 heterocycles. The van der Waals surface area contributed by atoms with Gasteiger partial charge in [0.1, 0.15) is 5.01 Å². The van der Waals surface area contributed by atoms with Crippen molar-refractivity contribution >= 4 is 40.0 Å². The summed E-state index contributed by atoms with van der Waals surface area (Å²) >= 11 is 1.29. The van der Waals surface area contributed by atoms with Crippen LogP contribution in [0, 0.1) is 6.92 Å². The lowest BCUT2D eigenvalue weighted by Crippen LogP contribution is -2.24. The lowest BCUT2D eigenvalue weighted by atomic mass is 10.1. The quantitative estimate of drug-likeness (QED) is 0.531. The Balaban J connectivity index is 1.38. The second kappa shape index (κ2) is 9.83. The first-order chi connectivity index (χ1) is 16.0. The normalized spacial score (nSPS) is 15.8. The molecule has 33 heavy (non-hydrogen) atoms. The van der Waals surface area contributed by atoms with Crippen molar-refractivity contribution in [1.29, 1.82) is 0 Å². The highest BCUT2D eigenvalue weighted by atomic mass is 32.1. The number of nitrogens with one attached hydrogen (secondary N) is 1. The minimum absolute atomic E-state index is 0.0523. The van der Waals surface area contributed by atoms with Gasteiger partial charge in [0, 0.05) is 30.6 Å². The zero-order chi connectivity index (χ0) is 23.4. The Bertz CT molecular complexity index is 1210. The summed E-state index contributed by atoms with van der Waals surface area (Å²) in [6.07, 6.45) is 3.46. The van der Waals surface area contributed by atoms with Crippen LogP contribution in [0.2, 0.25) is 0 Å². The first kappa shape index (κ1) is 22.5. The number of methoxy groups -OCH3 is 2. The Kier molecular flexibility index (Phi) is 6.69. The van der Waals surface area contributed by atoms with E-state index in [2.05, 4.69) is 15.5 Å². The van der Waals surface area contributed by atoms with Gasteiger partial charge in [0.05, 0.1) is 14.2 Å². The van der Waals surface area contributed by atoms with E-state index in [1.54, 1.807) is 37.3 Å². The minimum atomic E-state index is -0.323. The lowest BCUT2D eigenvalue weighted by Gasteiger charge is -2.16. The predicted octanol–water partition coefficient (Wildman–Crippen LogP) is 4.04. The van der Waals surface area contributed by atoms with Crippen LogP contribution in [0.15, 0.2) is 48.5 Å². The molecule has 1 atom stereocenters. The van der Waals surface area contributed by atoms with Crippen molar-refractivity contribution in [1.82, 2.24) is 10.2 Å². The predicted molar refractivity (Wildman–Crippen MR) is 128 cm³/mol. The highest BCUT2D eigenvalue weighted by Gasteiger charge is 2.34. The summed E-state index contributed by atoms with van der Waals surface area (Å²) in [5, 5.41) is 12.2. The van der Waals surface area contributed by atoms with Crippen LogP contribution in [0.3, 0.4) is 0 Å². The lowest BCUT2D eigenvalue weighted by molar-refractivity contribution is -0.117. The molecule has 8 nitrogen and oxygen atoms in total. The first-order valence-corrected chi connectivity index (χ1v) is 11.2. The molecule has 0 spiro atoms. The second-order valence-corrected chi connectivity index (χ2v) is 8.64. The molecule has 9 heteroatoms. The first-order valence-electron chi connectivity index (χ1n) is 10.4. The minimum Gasteiger partial charge on any atom is -0.493 e. The summed E-state index contributed by atoms with van der Waals surface area (Å²) < 4.78 is 10.5. The largest absolute Gasteiger partial charge is 0.493 e. The van der Waals surface area contributed by atoms with E-state index in [-0.39, 0.29) is 17.7 Å². The number of hydrogen-bond acceptors (Lipinski definition) is 7. The molecule has 0 bridgehead atoms. The van der Waals surface area contributed by atoms with Crippen molar-refractivity contribution in [2.75, 3.05) is 31.0 Å². The Morgan fingerprint density at radius 2 is 1.97 bits per heavy atom.